The van der Waals surface area contributed by atoms with E-state index in [1.807, 2.05) is 7.05 Å². The fourth-order valence-electron chi connectivity index (χ4n) is 3.53. The summed E-state index contributed by atoms with van der Waals surface area (Å²) in [5.41, 5.74) is 1.36. The van der Waals surface area contributed by atoms with Crippen LogP contribution in [0.3, 0.4) is 0 Å². The van der Waals surface area contributed by atoms with Gasteiger partial charge in [0.25, 0.3) is 0 Å². The van der Waals surface area contributed by atoms with Gasteiger partial charge in [0.1, 0.15) is 0 Å². The summed E-state index contributed by atoms with van der Waals surface area (Å²) < 4.78 is 0. The molecule has 0 aromatic heterocycles. The molecule has 158 valence electrons. The van der Waals surface area contributed by atoms with E-state index in [4.69, 9.17) is 0 Å². The van der Waals surface area contributed by atoms with E-state index in [2.05, 4.69) is 81.6 Å². The SMILES string of the molecule is CCN1CCN(CCNC(=NC)NCCC(C)N(C)Cc2ccccc2)CC1. The Balaban J connectivity index is 1.58. The topological polar surface area (TPSA) is 46.1 Å². The summed E-state index contributed by atoms with van der Waals surface area (Å²) in [6.45, 7) is 14.4. The summed E-state index contributed by atoms with van der Waals surface area (Å²) >= 11 is 0. The van der Waals surface area contributed by atoms with Gasteiger partial charge < -0.3 is 15.5 Å². The van der Waals surface area contributed by atoms with Crippen molar-refractivity contribution in [2.45, 2.75) is 32.9 Å². The van der Waals surface area contributed by atoms with Crippen LogP contribution in [0.1, 0.15) is 25.8 Å². The molecule has 1 heterocycles. The highest BCUT2D eigenvalue weighted by atomic mass is 15.3. The van der Waals surface area contributed by atoms with Crippen molar-refractivity contribution in [3.05, 3.63) is 35.9 Å². The quantitative estimate of drug-likeness (QED) is 0.472. The van der Waals surface area contributed by atoms with Gasteiger partial charge in [-0.25, -0.2) is 0 Å². The van der Waals surface area contributed by atoms with E-state index < -0.39 is 0 Å². The molecule has 0 saturated carbocycles. The molecule has 1 aromatic carbocycles. The number of likely N-dealkylation sites (N-methyl/N-ethyl adjacent to an activating group) is 1. The maximum atomic E-state index is 4.36. The minimum atomic E-state index is 0.515. The summed E-state index contributed by atoms with van der Waals surface area (Å²) in [6, 6.07) is 11.2. The lowest BCUT2D eigenvalue weighted by molar-refractivity contribution is 0.139. The first-order valence-corrected chi connectivity index (χ1v) is 10.8. The summed E-state index contributed by atoms with van der Waals surface area (Å²) in [5, 5.41) is 6.91. The van der Waals surface area contributed by atoms with Crippen LogP contribution in [0, 0.1) is 0 Å². The third-order valence-corrected chi connectivity index (χ3v) is 5.74. The third kappa shape index (κ3) is 8.17. The molecule has 1 aliphatic rings. The molecule has 28 heavy (non-hydrogen) atoms. The lowest BCUT2D eigenvalue weighted by Gasteiger charge is -2.34. The minimum absolute atomic E-state index is 0.515. The van der Waals surface area contributed by atoms with Gasteiger partial charge in [0.2, 0.25) is 0 Å². The standard InChI is InChI=1S/C22H40N6/c1-5-27-15-17-28(18-16-27)14-13-25-22(23-3)24-12-11-20(2)26(4)19-21-9-7-6-8-10-21/h6-10,20H,5,11-19H2,1-4H3,(H2,23,24,25). The summed E-state index contributed by atoms with van der Waals surface area (Å²) in [6.07, 6.45) is 1.09. The second kappa shape index (κ2) is 12.8. The van der Waals surface area contributed by atoms with Crippen LogP contribution in [0.2, 0.25) is 0 Å². The van der Waals surface area contributed by atoms with E-state index in [9.17, 15) is 0 Å². The average molecular weight is 389 g/mol. The molecule has 0 bridgehead atoms. The van der Waals surface area contributed by atoms with E-state index >= 15 is 0 Å². The van der Waals surface area contributed by atoms with Crippen LogP contribution in [0.15, 0.2) is 35.3 Å². The smallest absolute Gasteiger partial charge is 0.191 e. The number of rotatable bonds is 10. The van der Waals surface area contributed by atoms with Crippen molar-refractivity contribution in [3.8, 4) is 0 Å². The molecule has 1 aliphatic heterocycles. The molecule has 0 spiro atoms. The second-order valence-electron chi connectivity index (χ2n) is 7.74. The normalized spacial score (nSPS) is 17.7. The van der Waals surface area contributed by atoms with E-state index in [1.54, 1.807) is 0 Å². The van der Waals surface area contributed by atoms with Gasteiger partial charge in [-0.15, -0.1) is 0 Å². The van der Waals surface area contributed by atoms with Crippen LogP contribution >= 0.6 is 0 Å². The molecule has 2 N–H and O–H groups in total. The lowest BCUT2D eigenvalue weighted by Crippen LogP contribution is -2.49. The van der Waals surface area contributed by atoms with Gasteiger partial charge in [-0.05, 0) is 32.5 Å². The van der Waals surface area contributed by atoms with E-state index in [-0.39, 0.29) is 0 Å². The Bertz CT molecular complexity index is 553. The highest BCUT2D eigenvalue weighted by Gasteiger charge is 2.15. The van der Waals surface area contributed by atoms with Gasteiger partial charge in [-0.1, -0.05) is 37.3 Å². The van der Waals surface area contributed by atoms with Crippen LogP contribution in [0.5, 0.6) is 0 Å². The molecule has 1 atom stereocenters. The van der Waals surface area contributed by atoms with E-state index in [0.29, 0.717) is 6.04 Å². The van der Waals surface area contributed by atoms with E-state index in [0.717, 1.165) is 38.6 Å². The first-order chi connectivity index (χ1) is 13.6. The highest BCUT2D eigenvalue weighted by molar-refractivity contribution is 5.79. The van der Waals surface area contributed by atoms with Gasteiger partial charge in [0.15, 0.2) is 5.96 Å². The summed E-state index contributed by atoms with van der Waals surface area (Å²) in [5.74, 6) is 0.908. The highest BCUT2D eigenvalue weighted by Crippen LogP contribution is 2.07. The molecular formula is C22H40N6. The third-order valence-electron chi connectivity index (χ3n) is 5.74. The van der Waals surface area contributed by atoms with Crippen molar-refractivity contribution in [1.29, 1.82) is 0 Å². The van der Waals surface area contributed by atoms with Crippen molar-refractivity contribution in [3.63, 3.8) is 0 Å². The molecular weight excluding hydrogens is 348 g/mol. The predicted octanol–water partition coefficient (Wildman–Crippen LogP) is 1.70. The number of hydrogen-bond donors (Lipinski definition) is 2. The lowest BCUT2D eigenvalue weighted by atomic mass is 10.1. The van der Waals surface area contributed by atoms with Gasteiger partial charge in [-0.3, -0.25) is 14.8 Å². The average Bonchev–Trinajstić information content (AvgIpc) is 2.73. The number of nitrogens with zero attached hydrogens (tertiary/aromatic N) is 4. The Labute approximate surface area is 172 Å². The maximum Gasteiger partial charge on any atom is 0.191 e. The Morgan fingerprint density at radius 3 is 2.36 bits per heavy atom. The van der Waals surface area contributed by atoms with Crippen molar-refractivity contribution in [2.75, 3.05) is 66.5 Å². The Hall–Kier alpha value is -1.63. The largest absolute Gasteiger partial charge is 0.356 e. The Morgan fingerprint density at radius 2 is 1.71 bits per heavy atom. The monoisotopic (exact) mass is 388 g/mol. The van der Waals surface area contributed by atoms with E-state index in [1.165, 1.54) is 38.3 Å². The van der Waals surface area contributed by atoms with Gasteiger partial charge in [-0.2, -0.15) is 0 Å². The number of benzene rings is 1. The van der Waals surface area contributed by atoms with Crippen LogP contribution < -0.4 is 10.6 Å². The molecule has 6 heteroatoms. The predicted molar refractivity (Wildman–Crippen MR) is 120 cm³/mol. The van der Waals surface area contributed by atoms with Gasteiger partial charge in [0, 0.05) is 65.4 Å². The molecule has 1 aromatic rings. The van der Waals surface area contributed by atoms with Crippen LogP contribution in [0.25, 0.3) is 0 Å². The number of nitrogens with one attached hydrogen (secondary N) is 2. The van der Waals surface area contributed by atoms with Crippen molar-refractivity contribution < 1.29 is 0 Å². The molecule has 0 amide bonds. The number of aliphatic imine (C=N–C) groups is 1. The maximum absolute atomic E-state index is 4.36. The number of hydrogen-bond acceptors (Lipinski definition) is 4. The molecule has 0 radical (unpaired) electrons. The zero-order valence-corrected chi connectivity index (χ0v) is 18.3. The van der Waals surface area contributed by atoms with Crippen LogP contribution in [-0.2, 0) is 6.54 Å². The van der Waals surface area contributed by atoms with Gasteiger partial charge >= 0.3 is 0 Å². The van der Waals surface area contributed by atoms with Crippen molar-refractivity contribution in [2.24, 2.45) is 4.99 Å². The molecule has 1 unspecified atom stereocenters. The molecule has 6 nitrogen and oxygen atoms in total. The summed E-state index contributed by atoms with van der Waals surface area (Å²) in [7, 11) is 4.04. The molecule has 0 aliphatic carbocycles. The van der Waals surface area contributed by atoms with Gasteiger partial charge in [0.05, 0.1) is 0 Å². The van der Waals surface area contributed by atoms with Crippen LogP contribution in [-0.4, -0.2) is 93.2 Å². The Kier molecular flexibility index (Phi) is 10.3. The van der Waals surface area contributed by atoms with Crippen molar-refractivity contribution >= 4 is 5.96 Å². The van der Waals surface area contributed by atoms with Crippen molar-refractivity contribution in [1.82, 2.24) is 25.3 Å². The molecule has 2 rings (SSSR count). The molecule has 1 fully saturated rings. The molecule has 1 saturated heterocycles. The first-order valence-electron chi connectivity index (χ1n) is 10.8. The van der Waals surface area contributed by atoms with Crippen LogP contribution in [0.4, 0.5) is 0 Å². The fraction of sp³-hybridized carbons (Fsp3) is 0.682. The zero-order valence-electron chi connectivity index (χ0n) is 18.3. The first kappa shape index (κ1) is 22.7. The second-order valence-corrected chi connectivity index (χ2v) is 7.74. The zero-order chi connectivity index (χ0) is 20.2. The summed E-state index contributed by atoms with van der Waals surface area (Å²) in [4.78, 5) is 11.8. The minimum Gasteiger partial charge on any atom is -0.356 e. The number of piperazine rings is 1. The Morgan fingerprint density at radius 1 is 1.07 bits per heavy atom. The number of guanidine groups is 1. The fourth-order valence-corrected chi connectivity index (χ4v) is 3.53.